The molecular weight excluding hydrogens is 947 g/mol. The van der Waals surface area contributed by atoms with Crippen molar-refractivity contribution in [3.63, 3.8) is 0 Å². The molecule has 6 atom stereocenters. The van der Waals surface area contributed by atoms with Crippen molar-refractivity contribution in [3.05, 3.63) is 225 Å². The number of cyclic esters (lactones) is 1. The fraction of sp³-hybridized carbons (Fsp3) is 0.140. The van der Waals surface area contributed by atoms with Gasteiger partial charge in [-0.1, -0.05) is 108 Å². The number of nitro benzene ring substituents is 1. The number of anilines is 2. The zero-order valence-electron chi connectivity index (χ0n) is 38.7. The number of esters is 1. The van der Waals surface area contributed by atoms with E-state index >= 15 is 14.4 Å². The number of carbonyl (C=O) groups is 4. The van der Waals surface area contributed by atoms with Crippen molar-refractivity contribution in [3.8, 4) is 23.3 Å². The average molecular weight is 988 g/mol. The number of ether oxygens (including phenoxy) is 3. The lowest BCUT2D eigenvalue weighted by Gasteiger charge is -2.46. The van der Waals surface area contributed by atoms with Gasteiger partial charge in [0.15, 0.2) is 5.13 Å². The first kappa shape index (κ1) is 46.2. The van der Waals surface area contributed by atoms with E-state index in [1.165, 1.54) is 47.7 Å². The van der Waals surface area contributed by atoms with E-state index in [1.807, 2.05) is 83.8 Å². The van der Waals surface area contributed by atoms with Crippen LogP contribution in [-0.4, -0.2) is 56.9 Å². The predicted molar refractivity (Wildman–Crippen MR) is 271 cm³/mol. The molecule has 3 amide bonds. The molecule has 0 radical (unpaired) electrons. The lowest BCUT2D eigenvalue weighted by atomic mass is 9.65. The minimum absolute atomic E-state index is 0.0688. The first-order chi connectivity index (χ1) is 35.5. The Balaban J connectivity index is 1.16. The fourth-order valence-corrected chi connectivity index (χ4v) is 11.3. The van der Waals surface area contributed by atoms with Gasteiger partial charge in [-0.15, -0.1) is 0 Å². The van der Waals surface area contributed by atoms with Gasteiger partial charge in [0, 0.05) is 23.3 Å². The van der Waals surface area contributed by atoms with E-state index in [4.69, 9.17) is 19.2 Å². The van der Waals surface area contributed by atoms with Crippen LogP contribution < -0.4 is 15.0 Å². The van der Waals surface area contributed by atoms with Crippen LogP contribution in [0.3, 0.4) is 0 Å². The molecule has 2 saturated heterocycles. The molecule has 3 aliphatic rings. The third kappa shape index (κ3) is 8.16. The quantitative estimate of drug-likeness (QED) is 0.0603. The van der Waals surface area contributed by atoms with Crippen molar-refractivity contribution in [1.29, 1.82) is 0 Å². The summed E-state index contributed by atoms with van der Waals surface area (Å²) in [6.07, 6.45) is -2.09. The smallest absolute Gasteiger partial charge is 0.421 e. The number of rotatable bonds is 9. The van der Waals surface area contributed by atoms with Gasteiger partial charge in [-0.2, -0.15) is 0 Å². The molecule has 15 nitrogen and oxygen atoms in total. The van der Waals surface area contributed by atoms with Crippen LogP contribution in [0.25, 0.3) is 10.2 Å². The number of amides is 3. The van der Waals surface area contributed by atoms with E-state index in [0.717, 1.165) is 9.60 Å². The van der Waals surface area contributed by atoms with Crippen LogP contribution >= 0.6 is 11.3 Å². The lowest BCUT2D eigenvalue weighted by molar-refractivity contribution is -0.384. The summed E-state index contributed by atoms with van der Waals surface area (Å²) >= 11 is 1.21. The van der Waals surface area contributed by atoms with E-state index < -0.39 is 64.4 Å². The summed E-state index contributed by atoms with van der Waals surface area (Å²) in [7, 11) is 1.56. The Morgan fingerprint density at radius 2 is 1.45 bits per heavy atom. The molecule has 73 heavy (non-hydrogen) atoms. The number of hydrogen-bond acceptors (Lipinski definition) is 13. The van der Waals surface area contributed by atoms with Crippen molar-refractivity contribution in [1.82, 2.24) is 9.88 Å². The number of aromatic nitrogens is 1. The zero-order valence-corrected chi connectivity index (χ0v) is 39.5. The topological polar surface area (TPSA) is 191 Å². The number of nitrogens with one attached hydrogen (secondary N) is 1. The predicted octanol–water partition coefficient (Wildman–Crippen LogP) is 9.96. The fourth-order valence-electron chi connectivity index (χ4n) is 10.5. The van der Waals surface area contributed by atoms with E-state index in [1.54, 1.807) is 67.8 Å². The third-order valence-electron chi connectivity index (χ3n) is 13.6. The highest BCUT2D eigenvalue weighted by molar-refractivity contribution is 7.22. The molecule has 11 rings (SSSR count). The second-order valence-electron chi connectivity index (χ2n) is 17.7. The van der Waals surface area contributed by atoms with Crippen molar-refractivity contribution < 1.29 is 43.4 Å². The first-order valence-electron chi connectivity index (χ1n) is 23.1. The molecule has 3 aliphatic heterocycles. The van der Waals surface area contributed by atoms with E-state index in [2.05, 4.69) is 17.2 Å². The number of phenolic OH excluding ortho intramolecular Hbond substituents is 1. The average Bonchev–Trinajstić information content (AvgIpc) is 4.06. The molecule has 0 unspecified atom stereocenters. The first-order valence-corrected chi connectivity index (χ1v) is 23.9. The molecule has 1 aromatic heterocycles. The monoisotopic (exact) mass is 987 g/mol. The number of nitro groups is 1. The lowest BCUT2D eigenvalue weighted by Crippen LogP contribution is -2.54. The Bertz CT molecular complexity index is 3490. The van der Waals surface area contributed by atoms with Gasteiger partial charge in [0.05, 0.1) is 45.9 Å². The summed E-state index contributed by atoms with van der Waals surface area (Å²) in [5.41, 5.74) is 1.78. The number of fused-ring (bicyclic) bond motifs is 4. The van der Waals surface area contributed by atoms with Crippen molar-refractivity contribution in [2.24, 2.45) is 5.92 Å². The summed E-state index contributed by atoms with van der Waals surface area (Å²) in [6, 6.07) is 46.0. The molecule has 360 valence electrons. The van der Waals surface area contributed by atoms with Crippen LogP contribution in [0.5, 0.6) is 11.5 Å². The highest BCUT2D eigenvalue weighted by Gasteiger charge is 2.76. The number of hydrogen-bond donors (Lipinski definition) is 2. The second-order valence-corrected chi connectivity index (χ2v) is 18.7. The number of para-hydroxylation sites is 1. The van der Waals surface area contributed by atoms with Gasteiger partial charge in [0.25, 0.3) is 5.69 Å². The second kappa shape index (κ2) is 18.9. The molecule has 0 saturated carbocycles. The number of imide groups is 1. The molecule has 8 aromatic rings. The number of thiazole rings is 1. The number of methoxy groups -OCH3 is 1. The van der Waals surface area contributed by atoms with E-state index in [0.29, 0.717) is 44.6 Å². The number of non-ortho nitro benzene ring substituents is 1. The summed E-state index contributed by atoms with van der Waals surface area (Å²) in [6.45, 7) is -0.382. The van der Waals surface area contributed by atoms with Gasteiger partial charge in [-0.05, 0) is 107 Å². The summed E-state index contributed by atoms with van der Waals surface area (Å²) in [5.74, 6) is 2.86. The van der Waals surface area contributed by atoms with Crippen molar-refractivity contribution >= 4 is 61.9 Å². The highest BCUT2D eigenvalue weighted by Crippen LogP contribution is 2.66. The highest BCUT2D eigenvalue weighted by atomic mass is 32.1. The standard InChI is InChI=1S/C57H41N5O10S/c1-70-42-29-20-34(21-30-42)16-17-35-22-31-45-43(32-35)57(54(66)60(45)56(67)71-33-36-18-25-40(26-19-36)62(68)69)47(52(64)59-55-58-44-14-8-9-15-46(44)73-55)49-53(65)72-50(38-12-6-3-7-13-38)48(37-10-4-2-5-11-37)61(49)51(57)39-23-27-41(63)28-24-39/h2-15,18-32,47-51,63H,33H2,1H3,(H,58,59,64)/t47-,48-,49-,50+,51+,57-/m1/s1. The van der Waals surface area contributed by atoms with Gasteiger partial charge < -0.3 is 24.6 Å². The Hall–Kier alpha value is -9.17. The Morgan fingerprint density at radius 3 is 2.14 bits per heavy atom. The largest absolute Gasteiger partial charge is 0.508 e. The van der Waals surface area contributed by atoms with Crippen LogP contribution in [0.4, 0.5) is 21.3 Å². The maximum Gasteiger partial charge on any atom is 0.421 e. The number of benzene rings is 7. The van der Waals surface area contributed by atoms with Gasteiger partial charge in [0.1, 0.15) is 35.7 Å². The zero-order chi connectivity index (χ0) is 50.4. The molecule has 1 spiro atoms. The molecular formula is C57H41N5O10S. The van der Waals surface area contributed by atoms with Crippen LogP contribution in [0, 0.1) is 27.9 Å². The molecule has 4 heterocycles. The van der Waals surface area contributed by atoms with Crippen LogP contribution in [0.1, 0.15) is 57.1 Å². The summed E-state index contributed by atoms with van der Waals surface area (Å²) in [4.78, 5) is 81.3. The number of aromatic hydroxyl groups is 1. The van der Waals surface area contributed by atoms with Crippen molar-refractivity contribution in [2.45, 2.75) is 36.3 Å². The van der Waals surface area contributed by atoms with E-state index in [9.17, 15) is 20.0 Å². The Labute approximate surface area is 421 Å². The third-order valence-corrected chi connectivity index (χ3v) is 14.6. The maximum absolute atomic E-state index is 16.6. The minimum Gasteiger partial charge on any atom is -0.508 e. The van der Waals surface area contributed by atoms with Crippen LogP contribution in [0.2, 0.25) is 0 Å². The number of phenols is 1. The molecule has 2 fully saturated rings. The Kier molecular flexibility index (Phi) is 11.9. The molecule has 2 N–H and O–H groups in total. The Morgan fingerprint density at radius 1 is 0.795 bits per heavy atom. The SMILES string of the molecule is COc1ccc(C#Cc2ccc3c(c2)[C@]2(C(=O)N3C(=O)OCc3ccc([N+](=O)[O-])cc3)[C@H](c3ccc(O)cc3)N3[C@H](c4ccccc4)[C@H](c4ccccc4)OC(=O)[C@H]3[C@@H]2C(=O)Nc2nc3ccccc3s2)cc1. The maximum atomic E-state index is 16.6. The van der Waals surface area contributed by atoms with Crippen LogP contribution in [0.15, 0.2) is 176 Å². The van der Waals surface area contributed by atoms with E-state index in [-0.39, 0.29) is 34.4 Å². The van der Waals surface area contributed by atoms with Gasteiger partial charge in [0.2, 0.25) is 11.8 Å². The van der Waals surface area contributed by atoms with Crippen LogP contribution in [-0.2, 0) is 35.9 Å². The van der Waals surface area contributed by atoms with Gasteiger partial charge in [-0.3, -0.25) is 29.4 Å². The summed E-state index contributed by atoms with van der Waals surface area (Å²) < 4.78 is 18.6. The molecule has 7 aromatic carbocycles. The van der Waals surface area contributed by atoms with Gasteiger partial charge >= 0.3 is 12.1 Å². The summed E-state index contributed by atoms with van der Waals surface area (Å²) in [5, 5.41) is 25.5. The minimum atomic E-state index is -2.17. The van der Waals surface area contributed by atoms with Gasteiger partial charge in [-0.25, -0.2) is 14.7 Å². The number of morpholine rings is 1. The molecule has 0 bridgehead atoms. The number of nitrogens with zero attached hydrogens (tertiary/aromatic N) is 4. The molecule has 0 aliphatic carbocycles. The number of carbonyl (C=O) groups excluding carboxylic acids is 4. The van der Waals surface area contributed by atoms with Crippen molar-refractivity contribution in [2.75, 3.05) is 17.3 Å². The molecule has 16 heteroatoms. The normalized spacial score (nSPS) is 20.9.